The van der Waals surface area contributed by atoms with Gasteiger partial charge in [-0.15, -0.1) is 0 Å². The molecule has 0 aliphatic carbocycles. The number of carbonyl (C=O) groups is 2. The molecule has 2 aromatic rings. The number of anilines is 2. The standard InChI is InChI=1S/C20H24N2O4/c1-12-4-7-17(23)15(10-12)21-19(25)9-6-14(3)20(26)22-16-11-13(2)5-8-18(16)24/h4-5,7-8,10-11,14,23-24H,6,9H2,1-3H3,(H,21,25)(H,22,26). The van der Waals surface area contributed by atoms with Crippen LogP contribution in [0.4, 0.5) is 11.4 Å². The van der Waals surface area contributed by atoms with E-state index in [4.69, 9.17) is 0 Å². The predicted octanol–water partition coefficient (Wildman–Crippen LogP) is 3.71. The molecule has 0 spiro atoms. The van der Waals surface area contributed by atoms with Crippen molar-refractivity contribution in [2.45, 2.75) is 33.6 Å². The lowest BCUT2D eigenvalue weighted by Crippen LogP contribution is -2.22. The van der Waals surface area contributed by atoms with Crippen LogP contribution in [0.3, 0.4) is 0 Å². The van der Waals surface area contributed by atoms with Gasteiger partial charge in [0.05, 0.1) is 11.4 Å². The van der Waals surface area contributed by atoms with E-state index < -0.39 is 5.92 Å². The van der Waals surface area contributed by atoms with Gasteiger partial charge in [-0.3, -0.25) is 9.59 Å². The summed E-state index contributed by atoms with van der Waals surface area (Å²) in [4.78, 5) is 24.3. The third-order valence-corrected chi connectivity index (χ3v) is 4.09. The molecule has 0 fully saturated rings. The Kier molecular flexibility index (Phi) is 6.22. The van der Waals surface area contributed by atoms with E-state index in [2.05, 4.69) is 10.6 Å². The molecular formula is C20H24N2O4. The zero-order valence-electron chi connectivity index (χ0n) is 15.2. The van der Waals surface area contributed by atoms with Crippen molar-refractivity contribution in [1.82, 2.24) is 0 Å². The summed E-state index contributed by atoms with van der Waals surface area (Å²) >= 11 is 0. The van der Waals surface area contributed by atoms with Gasteiger partial charge >= 0.3 is 0 Å². The number of carbonyl (C=O) groups excluding carboxylic acids is 2. The van der Waals surface area contributed by atoms with Crippen molar-refractivity contribution in [2.24, 2.45) is 5.92 Å². The van der Waals surface area contributed by atoms with Gasteiger partial charge in [0.1, 0.15) is 11.5 Å². The number of benzene rings is 2. The van der Waals surface area contributed by atoms with E-state index in [9.17, 15) is 19.8 Å². The van der Waals surface area contributed by atoms with Crippen LogP contribution >= 0.6 is 0 Å². The highest BCUT2D eigenvalue weighted by Gasteiger charge is 2.17. The highest BCUT2D eigenvalue weighted by atomic mass is 16.3. The molecule has 26 heavy (non-hydrogen) atoms. The summed E-state index contributed by atoms with van der Waals surface area (Å²) in [6.45, 7) is 5.45. The zero-order chi connectivity index (χ0) is 19.3. The van der Waals surface area contributed by atoms with E-state index in [1.165, 1.54) is 12.1 Å². The van der Waals surface area contributed by atoms with Gasteiger partial charge in [0.25, 0.3) is 0 Å². The number of rotatable bonds is 6. The fourth-order valence-corrected chi connectivity index (χ4v) is 2.45. The van der Waals surface area contributed by atoms with Gasteiger partial charge in [-0.2, -0.15) is 0 Å². The smallest absolute Gasteiger partial charge is 0.227 e. The first-order chi connectivity index (χ1) is 12.3. The van der Waals surface area contributed by atoms with Crippen LogP contribution in [-0.2, 0) is 9.59 Å². The maximum atomic E-state index is 12.3. The van der Waals surface area contributed by atoms with Gasteiger partial charge in [-0.25, -0.2) is 0 Å². The number of amides is 2. The van der Waals surface area contributed by atoms with E-state index in [0.29, 0.717) is 17.8 Å². The Labute approximate surface area is 152 Å². The van der Waals surface area contributed by atoms with Crippen LogP contribution in [0.25, 0.3) is 0 Å². The third-order valence-electron chi connectivity index (χ3n) is 4.09. The van der Waals surface area contributed by atoms with E-state index in [1.54, 1.807) is 31.2 Å². The minimum atomic E-state index is -0.410. The minimum Gasteiger partial charge on any atom is -0.506 e. The third kappa shape index (κ3) is 5.24. The summed E-state index contributed by atoms with van der Waals surface area (Å²) < 4.78 is 0. The average molecular weight is 356 g/mol. The zero-order valence-corrected chi connectivity index (χ0v) is 15.2. The predicted molar refractivity (Wildman–Crippen MR) is 101 cm³/mol. The van der Waals surface area contributed by atoms with Gasteiger partial charge in [0.15, 0.2) is 0 Å². The molecule has 0 saturated carbocycles. The molecule has 0 heterocycles. The Morgan fingerprint density at radius 2 is 1.42 bits per heavy atom. The highest BCUT2D eigenvalue weighted by molar-refractivity contribution is 5.95. The first-order valence-electron chi connectivity index (χ1n) is 8.46. The molecular weight excluding hydrogens is 332 g/mol. The lowest BCUT2D eigenvalue weighted by Gasteiger charge is -2.14. The Balaban J connectivity index is 1.88. The van der Waals surface area contributed by atoms with Crippen LogP contribution < -0.4 is 10.6 Å². The molecule has 1 unspecified atom stereocenters. The van der Waals surface area contributed by atoms with E-state index >= 15 is 0 Å². The number of nitrogens with one attached hydrogen (secondary N) is 2. The monoisotopic (exact) mass is 356 g/mol. The molecule has 0 radical (unpaired) electrons. The van der Waals surface area contributed by atoms with Crippen LogP contribution in [0.5, 0.6) is 11.5 Å². The summed E-state index contributed by atoms with van der Waals surface area (Å²) in [5.41, 5.74) is 2.56. The number of phenols is 2. The van der Waals surface area contributed by atoms with Crippen molar-refractivity contribution in [3.05, 3.63) is 47.5 Å². The minimum absolute atomic E-state index is 0.00353. The summed E-state index contributed by atoms with van der Waals surface area (Å²) in [5, 5.41) is 24.9. The van der Waals surface area contributed by atoms with Crippen molar-refractivity contribution < 1.29 is 19.8 Å². The second-order valence-corrected chi connectivity index (χ2v) is 6.52. The normalized spacial score (nSPS) is 11.7. The summed E-state index contributed by atoms with van der Waals surface area (Å²) in [6.07, 6.45) is 0.485. The molecule has 6 heteroatoms. The van der Waals surface area contributed by atoms with Gasteiger partial charge < -0.3 is 20.8 Å². The molecule has 138 valence electrons. The number of phenolic OH excluding ortho intramolecular Hbond substituents is 2. The maximum Gasteiger partial charge on any atom is 0.227 e. The Bertz CT molecular complexity index is 817. The average Bonchev–Trinajstić information content (AvgIpc) is 2.59. The van der Waals surface area contributed by atoms with Gasteiger partial charge in [-0.1, -0.05) is 19.1 Å². The van der Waals surface area contributed by atoms with Crippen LogP contribution in [0, 0.1) is 19.8 Å². The van der Waals surface area contributed by atoms with E-state index in [-0.39, 0.29) is 29.7 Å². The lowest BCUT2D eigenvalue weighted by molar-refractivity contribution is -0.120. The quantitative estimate of drug-likeness (QED) is 0.593. The van der Waals surface area contributed by atoms with Crippen molar-refractivity contribution in [3.8, 4) is 11.5 Å². The second-order valence-electron chi connectivity index (χ2n) is 6.52. The Morgan fingerprint density at radius 3 is 1.96 bits per heavy atom. The number of hydrogen-bond donors (Lipinski definition) is 4. The number of hydrogen-bond acceptors (Lipinski definition) is 4. The molecule has 0 aliphatic rings. The van der Waals surface area contributed by atoms with Crippen LogP contribution in [-0.4, -0.2) is 22.0 Å². The van der Waals surface area contributed by atoms with Crippen LogP contribution in [0.2, 0.25) is 0 Å². The van der Waals surface area contributed by atoms with Crippen molar-refractivity contribution in [2.75, 3.05) is 10.6 Å². The number of aromatic hydroxyl groups is 2. The van der Waals surface area contributed by atoms with Crippen LogP contribution in [0.1, 0.15) is 30.9 Å². The van der Waals surface area contributed by atoms with Gasteiger partial charge in [0.2, 0.25) is 11.8 Å². The van der Waals surface area contributed by atoms with E-state index in [1.807, 2.05) is 13.8 Å². The summed E-state index contributed by atoms with van der Waals surface area (Å²) in [6, 6.07) is 9.92. The maximum absolute atomic E-state index is 12.3. The molecule has 0 saturated heterocycles. The van der Waals surface area contributed by atoms with Crippen LogP contribution in [0.15, 0.2) is 36.4 Å². The molecule has 1 atom stereocenters. The molecule has 6 nitrogen and oxygen atoms in total. The second kappa shape index (κ2) is 8.38. The molecule has 0 aromatic heterocycles. The highest BCUT2D eigenvalue weighted by Crippen LogP contribution is 2.26. The van der Waals surface area contributed by atoms with Gasteiger partial charge in [-0.05, 0) is 55.7 Å². The van der Waals surface area contributed by atoms with Crippen molar-refractivity contribution in [1.29, 1.82) is 0 Å². The molecule has 4 N–H and O–H groups in total. The lowest BCUT2D eigenvalue weighted by atomic mass is 10.0. The first-order valence-corrected chi connectivity index (χ1v) is 8.46. The van der Waals surface area contributed by atoms with Gasteiger partial charge in [0, 0.05) is 12.3 Å². The Morgan fingerprint density at radius 1 is 0.923 bits per heavy atom. The molecule has 2 rings (SSSR count). The fourth-order valence-electron chi connectivity index (χ4n) is 2.45. The van der Waals surface area contributed by atoms with E-state index in [0.717, 1.165) is 11.1 Å². The topological polar surface area (TPSA) is 98.7 Å². The van der Waals surface area contributed by atoms with Crippen molar-refractivity contribution in [3.63, 3.8) is 0 Å². The summed E-state index contributed by atoms with van der Waals surface area (Å²) in [5.74, 6) is -0.943. The number of aryl methyl sites for hydroxylation is 2. The summed E-state index contributed by atoms with van der Waals surface area (Å²) in [7, 11) is 0. The SMILES string of the molecule is Cc1ccc(O)c(NC(=O)CCC(C)C(=O)Nc2cc(C)ccc2O)c1. The van der Waals surface area contributed by atoms with Crippen molar-refractivity contribution >= 4 is 23.2 Å². The fraction of sp³-hybridized carbons (Fsp3) is 0.300. The molecule has 2 aromatic carbocycles. The molecule has 2 amide bonds. The Hall–Kier alpha value is -3.02. The molecule has 0 bridgehead atoms. The first kappa shape index (κ1) is 19.3. The molecule has 0 aliphatic heterocycles. The largest absolute Gasteiger partial charge is 0.506 e.